The lowest BCUT2D eigenvalue weighted by molar-refractivity contribution is -0.130. The average molecular weight is 736 g/mol. The number of nitrogens with zero attached hydrogens (tertiary/aromatic N) is 8. The topological polar surface area (TPSA) is 131 Å². The number of piperazine rings is 1. The number of benzene rings is 2. The van der Waals surface area contributed by atoms with Crippen molar-refractivity contribution in [3.63, 3.8) is 0 Å². The minimum absolute atomic E-state index is 0.0236. The Morgan fingerprint density at radius 2 is 1.61 bits per heavy atom. The average Bonchev–Trinajstić information content (AvgIpc) is 3.51. The van der Waals surface area contributed by atoms with Gasteiger partial charge in [-0.25, -0.2) is 18.7 Å². The van der Waals surface area contributed by atoms with E-state index in [1.807, 2.05) is 25.1 Å². The zero-order chi connectivity index (χ0) is 38.1. The van der Waals surface area contributed by atoms with Gasteiger partial charge in [0.15, 0.2) is 5.65 Å². The van der Waals surface area contributed by atoms with Gasteiger partial charge in [-0.05, 0) is 73.6 Å². The highest BCUT2D eigenvalue weighted by Gasteiger charge is 2.29. The van der Waals surface area contributed by atoms with E-state index in [1.54, 1.807) is 42.9 Å². The highest BCUT2D eigenvalue weighted by atomic mass is 19.1. The number of hydrogen-bond donors (Lipinski definition) is 1. The Bertz CT molecular complexity index is 2280. The second-order valence-electron chi connectivity index (χ2n) is 14.7. The van der Waals surface area contributed by atoms with Crippen LogP contribution in [0.15, 0.2) is 76.4 Å². The standard InChI is InChI=1S/C40H46FN9O4/c1-26-20-35(44-46(26)4)38(52)43-31-12-14-32(15-13-31)50-39(53)34-22-30(41)23-42-37(34)49(40(50)54)33-7-5-6-29(21-33)28-10-8-27(9-11-28)24-47-16-18-48(19-17-47)25-36(51)45(2)3/h5-11,20-23,31-32H,12-19,24-25H2,1-4H3,(H,43,52)/t31-,32+. The van der Waals surface area contributed by atoms with Gasteiger partial charge in [0.25, 0.3) is 11.5 Å². The largest absolute Gasteiger partial charge is 0.348 e. The van der Waals surface area contributed by atoms with Crippen LogP contribution in [0.4, 0.5) is 4.39 Å². The number of likely N-dealkylation sites (N-methyl/N-ethyl adjacent to an activating group) is 1. The predicted molar refractivity (Wildman–Crippen MR) is 204 cm³/mol. The van der Waals surface area contributed by atoms with Gasteiger partial charge in [0.05, 0.1) is 23.8 Å². The Labute approximate surface area is 312 Å². The molecule has 2 amide bonds. The fraction of sp³-hybridized carbons (Fsp3) is 0.400. The summed E-state index contributed by atoms with van der Waals surface area (Å²) in [6.45, 7) is 6.59. The molecule has 1 N–H and O–H groups in total. The number of carbonyl (C=O) groups is 2. The molecule has 0 radical (unpaired) electrons. The Kier molecular flexibility index (Phi) is 10.6. The number of fused-ring (bicyclic) bond motifs is 1. The lowest BCUT2D eigenvalue weighted by Gasteiger charge is -2.34. The van der Waals surface area contributed by atoms with Crippen molar-refractivity contribution in [1.29, 1.82) is 0 Å². The molecule has 0 atom stereocenters. The van der Waals surface area contributed by atoms with E-state index in [4.69, 9.17) is 0 Å². The van der Waals surface area contributed by atoms with Crippen molar-refractivity contribution < 1.29 is 14.0 Å². The molecule has 1 aliphatic heterocycles. The number of aryl methyl sites for hydroxylation is 2. The van der Waals surface area contributed by atoms with Gasteiger partial charge in [-0.15, -0.1) is 0 Å². The van der Waals surface area contributed by atoms with Crippen LogP contribution in [0.2, 0.25) is 0 Å². The summed E-state index contributed by atoms with van der Waals surface area (Å²) in [4.78, 5) is 63.6. The van der Waals surface area contributed by atoms with Crippen molar-refractivity contribution in [2.45, 2.75) is 51.2 Å². The molecule has 282 valence electrons. The van der Waals surface area contributed by atoms with Crippen LogP contribution >= 0.6 is 0 Å². The third-order valence-corrected chi connectivity index (χ3v) is 10.8. The van der Waals surface area contributed by atoms with E-state index in [-0.39, 0.29) is 28.9 Å². The smallest absolute Gasteiger partial charge is 0.337 e. The van der Waals surface area contributed by atoms with Crippen molar-refractivity contribution in [2.24, 2.45) is 7.05 Å². The Morgan fingerprint density at radius 1 is 0.907 bits per heavy atom. The molecule has 1 aliphatic carbocycles. The van der Waals surface area contributed by atoms with Crippen molar-refractivity contribution in [3.05, 3.63) is 110 Å². The lowest BCUT2D eigenvalue weighted by atomic mass is 9.90. The van der Waals surface area contributed by atoms with Crippen molar-refractivity contribution in [3.8, 4) is 16.8 Å². The summed E-state index contributed by atoms with van der Waals surface area (Å²) in [7, 11) is 5.35. The Hall–Kier alpha value is -5.47. The van der Waals surface area contributed by atoms with Crippen LogP contribution in [0.25, 0.3) is 27.8 Å². The molecule has 1 saturated heterocycles. The number of halogens is 1. The maximum atomic E-state index is 14.6. The second-order valence-corrected chi connectivity index (χ2v) is 14.7. The number of pyridine rings is 1. The quantitative estimate of drug-likeness (QED) is 0.244. The van der Waals surface area contributed by atoms with Crippen molar-refractivity contribution >= 4 is 22.8 Å². The first-order valence-electron chi connectivity index (χ1n) is 18.4. The normalized spacial score (nSPS) is 18.2. The van der Waals surface area contributed by atoms with Gasteiger partial charge in [0, 0.05) is 71.6 Å². The van der Waals surface area contributed by atoms with Gasteiger partial charge in [0.2, 0.25) is 5.91 Å². The minimum Gasteiger partial charge on any atom is -0.348 e. The summed E-state index contributed by atoms with van der Waals surface area (Å²) in [5.41, 5.74) is 3.71. The van der Waals surface area contributed by atoms with Gasteiger partial charge in [-0.2, -0.15) is 5.10 Å². The minimum atomic E-state index is -0.664. The molecule has 0 unspecified atom stereocenters. The maximum absolute atomic E-state index is 14.6. The van der Waals surface area contributed by atoms with Gasteiger partial charge >= 0.3 is 5.69 Å². The number of carbonyl (C=O) groups excluding carboxylic acids is 2. The first-order valence-corrected chi connectivity index (χ1v) is 18.4. The number of amides is 2. The SMILES string of the molecule is Cc1cc(C(=O)N[C@H]2CC[C@@H](n3c(=O)c4cc(F)cnc4n(-c4cccc(-c5ccc(CN6CCN(CC(=O)N(C)C)CC6)cc5)c4)c3=O)CC2)nn1C. The molecule has 54 heavy (non-hydrogen) atoms. The summed E-state index contributed by atoms with van der Waals surface area (Å²) >= 11 is 0. The third-order valence-electron chi connectivity index (χ3n) is 10.8. The van der Waals surface area contributed by atoms with Crippen molar-refractivity contribution in [1.82, 2.24) is 43.9 Å². The van der Waals surface area contributed by atoms with Crippen LogP contribution in [0.1, 0.15) is 53.5 Å². The molecule has 2 fully saturated rings. The van der Waals surface area contributed by atoms with E-state index in [2.05, 4.69) is 49.5 Å². The van der Waals surface area contributed by atoms with Crippen LogP contribution in [0.3, 0.4) is 0 Å². The van der Waals surface area contributed by atoms with E-state index < -0.39 is 23.1 Å². The van der Waals surface area contributed by atoms with Crippen LogP contribution in [0.5, 0.6) is 0 Å². The maximum Gasteiger partial charge on any atom is 0.337 e. The fourth-order valence-corrected chi connectivity index (χ4v) is 7.47. The highest BCUT2D eigenvalue weighted by Crippen LogP contribution is 2.29. The molecule has 7 rings (SSSR count). The van der Waals surface area contributed by atoms with E-state index in [9.17, 15) is 23.6 Å². The molecular formula is C40H46FN9O4. The van der Waals surface area contributed by atoms with E-state index in [0.29, 0.717) is 43.6 Å². The Morgan fingerprint density at radius 3 is 2.28 bits per heavy atom. The van der Waals surface area contributed by atoms with Gasteiger partial charge in [0.1, 0.15) is 11.5 Å². The van der Waals surface area contributed by atoms with Crippen LogP contribution in [-0.4, -0.2) is 103 Å². The molecule has 5 aromatic rings. The number of nitrogens with one attached hydrogen (secondary N) is 1. The summed E-state index contributed by atoms with van der Waals surface area (Å²) in [5.74, 6) is -0.804. The zero-order valence-corrected chi connectivity index (χ0v) is 31.2. The Balaban J connectivity index is 1.09. The van der Waals surface area contributed by atoms with E-state index in [1.165, 1.54) is 14.7 Å². The fourth-order valence-electron chi connectivity index (χ4n) is 7.47. The monoisotopic (exact) mass is 735 g/mol. The lowest BCUT2D eigenvalue weighted by Crippen LogP contribution is -2.48. The molecule has 1 saturated carbocycles. The first kappa shape index (κ1) is 36.9. The summed E-state index contributed by atoms with van der Waals surface area (Å²) in [6.07, 6.45) is 3.10. The number of hydrogen-bond acceptors (Lipinski definition) is 8. The third kappa shape index (κ3) is 7.75. The molecule has 4 heterocycles. The molecule has 14 heteroatoms. The molecule has 13 nitrogen and oxygen atoms in total. The van der Waals surface area contributed by atoms with Crippen LogP contribution in [0, 0.1) is 12.7 Å². The summed E-state index contributed by atoms with van der Waals surface area (Å²) in [5, 5.41) is 7.34. The van der Waals surface area contributed by atoms with Gasteiger partial charge < -0.3 is 10.2 Å². The van der Waals surface area contributed by atoms with Gasteiger partial charge in [-0.1, -0.05) is 36.4 Å². The summed E-state index contributed by atoms with van der Waals surface area (Å²) in [6, 6.07) is 18.1. The van der Waals surface area contributed by atoms with E-state index >= 15 is 0 Å². The number of rotatable bonds is 9. The molecule has 2 aromatic carbocycles. The molecule has 0 bridgehead atoms. The number of aromatic nitrogens is 5. The first-order chi connectivity index (χ1) is 25.9. The van der Waals surface area contributed by atoms with E-state index in [0.717, 1.165) is 61.8 Å². The van der Waals surface area contributed by atoms with Crippen molar-refractivity contribution in [2.75, 3.05) is 46.8 Å². The summed E-state index contributed by atoms with van der Waals surface area (Å²) < 4.78 is 18.8. The van der Waals surface area contributed by atoms with Gasteiger partial charge in [-0.3, -0.25) is 33.4 Å². The molecular weight excluding hydrogens is 689 g/mol. The van der Waals surface area contributed by atoms with Crippen LogP contribution < -0.4 is 16.6 Å². The molecule has 2 aliphatic rings. The highest BCUT2D eigenvalue weighted by molar-refractivity contribution is 5.92. The van der Waals surface area contributed by atoms with Crippen LogP contribution in [-0.2, 0) is 18.4 Å². The zero-order valence-electron chi connectivity index (χ0n) is 31.2. The second kappa shape index (κ2) is 15.5. The predicted octanol–water partition coefficient (Wildman–Crippen LogP) is 3.51. The molecule has 3 aromatic heterocycles. The molecule has 0 spiro atoms.